The number of hydrogen-bond acceptors (Lipinski definition) is 3. The van der Waals surface area contributed by atoms with Gasteiger partial charge >= 0.3 is 5.97 Å². The zero-order valence-corrected chi connectivity index (χ0v) is 8.41. The van der Waals surface area contributed by atoms with E-state index in [1.165, 1.54) is 12.0 Å². The molecule has 1 heterocycles. The van der Waals surface area contributed by atoms with Gasteiger partial charge in [0.2, 0.25) is 5.91 Å². The van der Waals surface area contributed by atoms with Crippen LogP contribution in [0.1, 0.15) is 25.7 Å². The lowest BCUT2D eigenvalue weighted by atomic mass is 10.2. The molecule has 4 nitrogen and oxygen atoms in total. The average molecular weight is 197 g/mol. The van der Waals surface area contributed by atoms with E-state index in [1.54, 1.807) is 0 Å². The number of esters is 1. The highest BCUT2D eigenvalue weighted by atomic mass is 16.5. The van der Waals surface area contributed by atoms with Gasteiger partial charge in [0.25, 0.3) is 0 Å². The van der Waals surface area contributed by atoms with Crippen LogP contribution in [0.5, 0.6) is 0 Å². The number of nitrogens with zero attached hydrogens (tertiary/aromatic N) is 1. The van der Waals surface area contributed by atoms with Gasteiger partial charge in [0.05, 0.1) is 7.11 Å². The lowest BCUT2D eigenvalue weighted by molar-refractivity contribution is -0.141. The fourth-order valence-electron chi connectivity index (χ4n) is 1.50. The number of rotatable bonds is 2. The SMILES string of the molecule is C=C(C(=O)OC)N1CCCCCC1=O. The first-order valence-corrected chi connectivity index (χ1v) is 4.74. The number of ether oxygens (including phenoxy) is 1. The van der Waals surface area contributed by atoms with Gasteiger partial charge in [-0.3, -0.25) is 4.79 Å². The molecule has 0 N–H and O–H groups in total. The van der Waals surface area contributed by atoms with Crippen LogP contribution < -0.4 is 0 Å². The van der Waals surface area contributed by atoms with Gasteiger partial charge in [0.15, 0.2) is 0 Å². The first-order chi connectivity index (χ1) is 6.66. The minimum absolute atomic E-state index is 0.0297. The predicted molar refractivity (Wildman–Crippen MR) is 51.3 cm³/mol. The molecule has 0 unspecified atom stereocenters. The quantitative estimate of drug-likeness (QED) is 0.491. The van der Waals surface area contributed by atoms with Crippen molar-refractivity contribution in [2.24, 2.45) is 0 Å². The Bertz CT molecular complexity index is 260. The maximum Gasteiger partial charge on any atom is 0.354 e. The molecule has 0 bridgehead atoms. The molecule has 0 saturated carbocycles. The summed E-state index contributed by atoms with van der Waals surface area (Å²) in [5, 5.41) is 0. The zero-order valence-electron chi connectivity index (χ0n) is 8.41. The molecule has 14 heavy (non-hydrogen) atoms. The monoisotopic (exact) mass is 197 g/mol. The molecule has 78 valence electrons. The Balaban J connectivity index is 2.68. The molecule has 0 atom stereocenters. The van der Waals surface area contributed by atoms with Gasteiger partial charge in [-0.2, -0.15) is 0 Å². The molecule has 1 fully saturated rings. The van der Waals surface area contributed by atoms with Crippen LogP contribution >= 0.6 is 0 Å². The van der Waals surface area contributed by atoms with Crippen molar-refractivity contribution in [1.29, 1.82) is 0 Å². The van der Waals surface area contributed by atoms with E-state index in [4.69, 9.17) is 0 Å². The van der Waals surface area contributed by atoms with Crippen molar-refractivity contribution >= 4 is 11.9 Å². The van der Waals surface area contributed by atoms with Crippen molar-refractivity contribution in [2.45, 2.75) is 25.7 Å². The summed E-state index contributed by atoms with van der Waals surface area (Å²) in [6.07, 6.45) is 3.33. The summed E-state index contributed by atoms with van der Waals surface area (Å²) in [4.78, 5) is 24.1. The van der Waals surface area contributed by atoms with Gasteiger partial charge in [0, 0.05) is 13.0 Å². The second-order valence-corrected chi connectivity index (χ2v) is 3.29. The first kappa shape index (κ1) is 10.8. The smallest absolute Gasteiger partial charge is 0.354 e. The molecule has 0 aliphatic carbocycles. The van der Waals surface area contributed by atoms with Gasteiger partial charge in [-0.25, -0.2) is 4.79 Å². The Morgan fingerprint density at radius 3 is 2.79 bits per heavy atom. The molecule has 1 saturated heterocycles. The Hall–Kier alpha value is -1.32. The van der Waals surface area contributed by atoms with E-state index in [1.807, 2.05) is 0 Å². The molecule has 0 aromatic heterocycles. The molecular formula is C10H15NO3. The summed E-state index contributed by atoms with van der Waals surface area (Å²) in [5.74, 6) is -0.557. The van der Waals surface area contributed by atoms with Crippen LogP contribution in [0.3, 0.4) is 0 Å². The Morgan fingerprint density at radius 1 is 1.43 bits per heavy atom. The summed E-state index contributed by atoms with van der Waals surface area (Å²) < 4.78 is 4.52. The third-order valence-corrected chi connectivity index (χ3v) is 2.32. The van der Waals surface area contributed by atoms with E-state index in [-0.39, 0.29) is 11.6 Å². The molecule has 1 amide bonds. The van der Waals surface area contributed by atoms with Crippen molar-refractivity contribution in [1.82, 2.24) is 4.90 Å². The van der Waals surface area contributed by atoms with Crippen LogP contribution in [0, 0.1) is 0 Å². The van der Waals surface area contributed by atoms with E-state index in [2.05, 4.69) is 11.3 Å². The fraction of sp³-hybridized carbons (Fsp3) is 0.600. The van der Waals surface area contributed by atoms with Gasteiger partial charge in [0.1, 0.15) is 5.70 Å². The highest BCUT2D eigenvalue weighted by molar-refractivity contribution is 5.93. The number of hydrogen-bond donors (Lipinski definition) is 0. The number of methoxy groups -OCH3 is 1. The van der Waals surface area contributed by atoms with Crippen molar-refractivity contribution in [3.63, 3.8) is 0 Å². The van der Waals surface area contributed by atoms with E-state index in [0.717, 1.165) is 19.3 Å². The van der Waals surface area contributed by atoms with Gasteiger partial charge in [-0.1, -0.05) is 13.0 Å². The number of carbonyl (C=O) groups is 2. The van der Waals surface area contributed by atoms with Crippen LogP contribution in [0.15, 0.2) is 12.3 Å². The molecule has 0 aromatic rings. The number of carbonyl (C=O) groups excluding carboxylic acids is 2. The highest BCUT2D eigenvalue weighted by Gasteiger charge is 2.23. The summed E-state index contributed by atoms with van der Waals surface area (Å²) in [5.41, 5.74) is 0.152. The zero-order chi connectivity index (χ0) is 10.6. The molecule has 4 heteroatoms. The van der Waals surface area contributed by atoms with E-state index < -0.39 is 5.97 Å². The molecule has 1 aliphatic rings. The maximum atomic E-state index is 11.5. The van der Waals surface area contributed by atoms with Gasteiger partial charge < -0.3 is 9.64 Å². The molecule has 1 aliphatic heterocycles. The minimum atomic E-state index is -0.528. The fourth-order valence-corrected chi connectivity index (χ4v) is 1.50. The largest absolute Gasteiger partial charge is 0.464 e. The second kappa shape index (κ2) is 4.79. The van der Waals surface area contributed by atoms with Crippen LogP contribution in [-0.2, 0) is 14.3 Å². The molecule has 1 rings (SSSR count). The van der Waals surface area contributed by atoms with E-state index >= 15 is 0 Å². The van der Waals surface area contributed by atoms with Crippen molar-refractivity contribution in [2.75, 3.05) is 13.7 Å². The average Bonchev–Trinajstić information content (AvgIpc) is 2.40. The lowest BCUT2D eigenvalue weighted by Gasteiger charge is -2.20. The molecule has 0 radical (unpaired) electrons. The van der Waals surface area contributed by atoms with Crippen LogP contribution in [0.4, 0.5) is 0 Å². The van der Waals surface area contributed by atoms with Crippen LogP contribution in [0.25, 0.3) is 0 Å². The Kier molecular flexibility index (Phi) is 3.68. The topological polar surface area (TPSA) is 46.6 Å². The molecule has 0 spiro atoms. The Labute approximate surface area is 83.5 Å². The summed E-state index contributed by atoms with van der Waals surface area (Å²) in [6.45, 7) is 4.15. The predicted octanol–water partition coefficient (Wildman–Crippen LogP) is 1.08. The van der Waals surface area contributed by atoms with E-state index in [0.29, 0.717) is 13.0 Å². The molecular weight excluding hydrogens is 182 g/mol. The van der Waals surface area contributed by atoms with Gasteiger partial charge in [-0.15, -0.1) is 0 Å². The first-order valence-electron chi connectivity index (χ1n) is 4.74. The third kappa shape index (κ3) is 2.34. The standard InChI is InChI=1S/C10H15NO3/c1-8(10(13)14-2)11-7-5-3-4-6-9(11)12/h1,3-7H2,2H3. The molecule has 0 aromatic carbocycles. The lowest BCUT2D eigenvalue weighted by Crippen LogP contribution is -2.33. The normalized spacial score (nSPS) is 17.5. The number of amides is 1. The van der Waals surface area contributed by atoms with Crippen LogP contribution in [0.2, 0.25) is 0 Å². The summed E-state index contributed by atoms with van der Waals surface area (Å²) in [7, 11) is 1.29. The third-order valence-electron chi connectivity index (χ3n) is 2.32. The van der Waals surface area contributed by atoms with Crippen LogP contribution in [-0.4, -0.2) is 30.4 Å². The van der Waals surface area contributed by atoms with Crippen molar-refractivity contribution < 1.29 is 14.3 Å². The van der Waals surface area contributed by atoms with Gasteiger partial charge in [-0.05, 0) is 12.8 Å². The number of likely N-dealkylation sites (tertiary alicyclic amines) is 1. The maximum absolute atomic E-state index is 11.5. The summed E-state index contributed by atoms with van der Waals surface area (Å²) in [6, 6.07) is 0. The van der Waals surface area contributed by atoms with Crippen molar-refractivity contribution in [3.8, 4) is 0 Å². The minimum Gasteiger partial charge on any atom is -0.464 e. The highest BCUT2D eigenvalue weighted by Crippen LogP contribution is 2.15. The van der Waals surface area contributed by atoms with Crippen molar-refractivity contribution in [3.05, 3.63) is 12.3 Å². The van der Waals surface area contributed by atoms with E-state index in [9.17, 15) is 9.59 Å². The summed E-state index contributed by atoms with van der Waals surface area (Å²) >= 11 is 0. The second-order valence-electron chi connectivity index (χ2n) is 3.29. The Morgan fingerprint density at radius 2 is 2.14 bits per heavy atom.